The molecule has 1 unspecified atom stereocenters. The number of methoxy groups -OCH3 is 1. The first kappa shape index (κ1) is 42.4. The van der Waals surface area contributed by atoms with E-state index in [2.05, 4.69) is 40.9 Å². The average molecular weight is 719 g/mol. The molecule has 0 radical (unpaired) electrons. The smallest absolute Gasteiger partial charge is 0.311 e. The lowest BCUT2D eigenvalue weighted by Crippen LogP contribution is -2.36. The zero-order valence-corrected chi connectivity index (χ0v) is 32.9. The van der Waals surface area contributed by atoms with E-state index in [0.717, 1.165) is 62.5 Å². The number of aliphatic hydroxyl groups excluding tert-OH is 1. The van der Waals surface area contributed by atoms with E-state index in [9.17, 15) is 18.3 Å². The topological polar surface area (TPSA) is 108 Å². The van der Waals surface area contributed by atoms with Gasteiger partial charge in [-0.2, -0.15) is 0 Å². The lowest BCUT2D eigenvalue weighted by atomic mass is 9.84. The van der Waals surface area contributed by atoms with Gasteiger partial charge in [-0.05, 0) is 107 Å². The Morgan fingerprint density at radius 2 is 1.72 bits per heavy atom. The normalized spacial score (nSPS) is 26.8. The molecule has 9 heteroatoms. The predicted octanol–water partition coefficient (Wildman–Crippen LogP) is 8.13. The van der Waals surface area contributed by atoms with Crippen LogP contribution in [0.15, 0.2) is 59.5 Å². The highest BCUT2D eigenvalue weighted by Crippen LogP contribution is 2.39. The molecular weight excluding hydrogens is 653 g/mol. The monoisotopic (exact) mass is 718 g/mol. The maximum absolute atomic E-state index is 13.5. The molecule has 0 saturated carbocycles. The molecule has 50 heavy (non-hydrogen) atoms. The second-order valence-electron chi connectivity index (χ2n) is 16.2. The first-order chi connectivity index (χ1) is 23.5. The summed E-state index contributed by atoms with van der Waals surface area (Å²) in [6.07, 6.45) is 5.40. The number of rotatable bonds is 20. The van der Waals surface area contributed by atoms with Crippen LogP contribution in [-0.2, 0) is 33.6 Å². The summed E-state index contributed by atoms with van der Waals surface area (Å²) in [4.78, 5) is 12.3. The lowest BCUT2D eigenvalue weighted by Gasteiger charge is -2.27. The Morgan fingerprint density at radius 3 is 2.34 bits per heavy atom. The van der Waals surface area contributed by atoms with Crippen molar-refractivity contribution in [3.63, 3.8) is 0 Å². The molecule has 8 nitrogen and oxygen atoms in total. The number of sulfone groups is 1. The molecule has 0 aromatic heterocycles. The van der Waals surface area contributed by atoms with Crippen molar-refractivity contribution in [3.8, 4) is 0 Å². The molecule has 10 atom stereocenters. The van der Waals surface area contributed by atoms with Gasteiger partial charge in [-0.15, -0.1) is 0 Å². The van der Waals surface area contributed by atoms with Gasteiger partial charge in [0.05, 0.1) is 59.3 Å². The van der Waals surface area contributed by atoms with Crippen molar-refractivity contribution < 1.29 is 37.3 Å². The Kier molecular flexibility index (Phi) is 16.2. The summed E-state index contributed by atoms with van der Waals surface area (Å²) in [5, 5.41) is 11.5. The highest BCUT2D eigenvalue weighted by atomic mass is 32.2. The second-order valence-corrected chi connectivity index (χ2v) is 18.2. The highest BCUT2D eigenvalue weighted by molar-refractivity contribution is 7.91. The summed E-state index contributed by atoms with van der Waals surface area (Å²) in [6.45, 7) is 23.2. The zero-order chi connectivity index (χ0) is 37.2. The molecule has 2 aliphatic rings. The van der Waals surface area contributed by atoms with E-state index in [0.29, 0.717) is 18.4 Å². The summed E-state index contributed by atoms with van der Waals surface area (Å²) in [5.74, 6) is 0.137. The molecule has 2 fully saturated rings. The fourth-order valence-electron chi connectivity index (χ4n) is 7.32. The molecule has 0 amide bonds. The van der Waals surface area contributed by atoms with Crippen molar-refractivity contribution in [1.29, 1.82) is 0 Å². The Hall–Kier alpha value is -2.04. The largest absolute Gasteiger partial charge is 0.465 e. The number of esters is 1. The van der Waals surface area contributed by atoms with Crippen molar-refractivity contribution in [2.45, 2.75) is 148 Å². The number of aliphatic hydroxyl groups is 1. The molecular formula is C41H66O8S. The molecule has 2 heterocycles. The van der Waals surface area contributed by atoms with Gasteiger partial charge in [0, 0.05) is 19.4 Å². The van der Waals surface area contributed by atoms with Gasteiger partial charge in [-0.1, -0.05) is 65.5 Å². The highest BCUT2D eigenvalue weighted by Gasteiger charge is 2.47. The van der Waals surface area contributed by atoms with E-state index >= 15 is 0 Å². The Balaban J connectivity index is 1.53. The van der Waals surface area contributed by atoms with Gasteiger partial charge in [0.2, 0.25) is 0 Å². The fraction of sp³-hybridized carbons (Fsp3) is 0.732. The maximum atomic E-state index is 13.5. The van der Waals surface area contributed by atoms with Crippen LogP contribution in [-0.4, -0.2) is 75.6 Å². The van der Waals surface area contributed by atoms with Crippen LogP contribution in [0.2, 0.25) is 0 Å². The molecule has 284 valence electrons. The molecule has 0 spiro atoms. The zero-order valence-electron chi connectivity index (χ0n) is 32.1. The number of carbonyl (C=O) groups excluding carboxylic acids is 1. The summed E-state index contributed by atoms with van der Waals surface area (Å²) in [6, 6.07) is 8.52. The number of hydrogen-bond acceptors (Lipinski definition) is 8. The minimum atomic E-state index is -3.60. The second kappa shape index (κ2) is 19.2. The van der Waals surface area contributed by atoms with Crippen LogP contribution in [0.4, 0.5) is 0 Å². The summed E-state index contributed by atoms with van der Waals surface area (Å²) >= 11 is 0. The third kappa shape index (κ3) is 12.3. The van der Waals surface area contributed by atoms with Crippen LogP contribution in [0, 0.1) is 29.1 Å². The van der Waals surface area contributed by atoms with Gasteiger partial charge >= 0.3 is 5.97 Å². The third-order valence-electron chi connectivity index (χ3n) is 10.7. The molecule has 0 bridgehead atoms. The lowest BCUT2D eigenvalue weighted by molar-refractivity contribution is -0.153. The molecule has 2 saturated heterocycles. The van der Waals surface area contributed by atoms with Crippen molar-refractivity contribution in [3.05, 3.63) is 54.6 Å². The predicted molar refractivity (Wildman–Crippen MR) is 200 cm³/mol. The summed E-state index contributed by atoms with van der Waals surface area (Å²) < 4.78 is 51.2. The van der Waals surface area contributed by atoms with Gasteiger partial charge in [0.25, 0.3) is 0 Å². The van der Waals surface area contributed by atoms with Crippen LogP contribution in [0.25, 0.3) is 0 Å². The maximum Gasteiger partial charge on any atom is 0.311 e. The average Bonchev–Trinajstić information content (AvgIpc) is 3.58. The van der Waals surface area contributed by atoms with Crippen LogP contribution < -0.4 is 0 Å². The van der Waals surface area contributed by atoms with Gasteiger partial charge < -0.3 is 24.1 Å². The first-order valence-corrected chi connectivity index (χ1v) is 20.4. The van der Waals surface area contributed by atoms with Crippen molar-refractivity contribution in [1.82, 2.24) is 0 Å². The quantitative estimate of drug-likeness (QED) is 0.0819. The van der Waals surface area contributed by atoms with Crippen molar-refractivity contribution >= 4 is 15.8 Å². The Bertz CT molecular complexity index is 1340. The molecule has 1 aromatic rings. The minimum Gasteiger partial charge on any atom is -0.465 e. The van der Waals surface area contributed by atoms with Crippen LogP contribution in [0.5, 0.6) is 0 Å². The van der Waals surface area contributed by atoms with E-state index < -0.39 is 33.4 Å². The van der Waals surface area contributed by atoms with Crippen molar-refractivity contribution in [2.24, 2.45) is 29.1 Å². The SMILES string of the molecule is C=C(C(O)C[C@@H]1O[C@H](C[C@H](C)CC)[C@H](OC)[C@H]1CS(=O)(=O)c1ccccc1)[C@H](C)C[C@H](C)CC[C@@H]1O[C@@H](CCCOC(=O)C(C)(C)C)CC1=C. The van der Waals surface area contributed by atoms with Crippen molar-refractivity contribution in [2.75, 3.05) is 19.5 Å². The molecule has 2 aliphatic heterocycles. The van der Waals surface area contributed by atoms with E-state index in [1.165, 1.54) is 0 Å². The fourth-order valence-corrected chi connectivity index (χ4v) is 9.00. The van der Waals surface area contributed by atoms with Crippen LogP contribution >= 0.6 is 0 Å². The van der Waals surface area contributed by atoms with Gasteiger partial charge in [-0.25, -0.2) is 8.42 Å². The number of benzene rings is 1. The Labute approximate surface area is 303 Å². The Morgan fingerprint density at radius 1 is 1.04 bits per heavy atom. The molecule has 0 aliphatic carbocycles. The standard InChI is InChI=1S/C41H66O8S/c1-11-27(2)23-38-39(46-10)34(26-50(44,45)33-17-13-12-14-18-33)37(49-38)25-35(42)31(6)29(4)22-28(3)19-20-36-30(5)24-32(48-36)16-15-21-47-40(43)41(7,8)9/h12-14,17-18,27-29,32,34-39,42H,5-6,11,15-16,19-26H2,1-4,7-10H3/t27-,28-,29-,32+,34+,35?,36+,37+,38-,39-/m1/s1. The number of ether oxygens (including phenoxy) is 4. The van der Waals surface area contributed by atoms with Gasteiger partial charge in [0.15, 0.2) is 9.84 Å². The number of carbonyl (C=O) groups is 1. The molecule has 1 N–H and O–H groups in total. The third-order valence-corrected chi connectivity index (χ3v) is 12.6. The van der Waals surface area contributed by atoms with E-state index in [1.807, 2.05) is 20.8 Å². The van der Waals surface area contributed by atoms with E-state index in [-0.39, 0.29) is 53.4 Å². The first-order valence-electron chi connectivity index (χ1n) is 18.8. The minimum absolute atomic E-state index is 0.0318. The van der Waals surface area contributed by atoms with Gasteiger partial charge in [-0.3, -0.25) is 4.79 Å². The number of hydrogen-bond donors (Lipinski definition) is 1. The summed E-state index contributed by atoms with van der Waals surface area (Å²) in [7, 11) is -1.97. The summed E-state index contributed by atoms with van der Waals surface area (Å²) in [5.41, 5.74) is 1.38. The van der Waals surface area contributed by atoms with Gasteiger partial charge in [0.1, 0.15) is 0 Å². The van der Waals surface area contributed by atoms with E-state index in [1.54, 1.807) is 37.4 Å². The molecule has 1 aromatic carbocycles. The van der Waals surface area contributed by atoms with E-state index in [4.69, 9.17) is 18.9 Å². The van der Waals surface area contributed by atoms with Crippen LogP contribution in [0.3, 0.4) is 0 Å². The van der Waals surface area contributed by atoms with Crippen LogP contribution in [0.1, 0.15) is 106 Å². The molecule has 3 rings (SSSR count).